The molecule has 1 aliphatic heterocycles. The fourth-order valence-corrected chi connectivity index (χ4v) is 4.74. The Kier molecular flexibility index (Phi) is 5.50. The molecule has 1 saturated carbocycles. The predicted octanol–water partition coefficient (Wildman–Crippen LogP) is 5.05. The van der Waals surface area contributed by atoms with Crippen molar-refractivity contribution in [1.29, 1.82) is 0 Å². The summed E-state index contributed by atoms with van der Waals surface area (Å²) in [4.78, 5) is 24.7. The highest BCUT2D eigenvalue weighted by Crippen LogP contribution is 2.50. The lowest BCUT2D eigenvalue weighted by molar-refractivity contribution is 0.208. The Balaban J connectivity index is 1.20. The van der Waals surface area contributed by atoms with Gasteiger partial charge in [-0.05, 0) is 35.2 Å². The summed E-state index contributed by atoms with van der Waals surface area (Å²) in [5, 5.41) is 5.14. The van der Waals surface area contributed by atoms with Crippen molar-refractivity contribution in [3.8, 4) is 23.5 Å². The third kappa shape index (κ3) is 4.28. The zero-order valence-corrected chi connectivity index (χ0v) is 18.9. The van der Waals surface area contributed by atoms with Gasteiger partial charge in [0.1, 0.15) is 5.82 Å². The van der Waals surface area contributed by atoms with Crippen LogP contribution in [0.1, 0.15) is 23.4 Å². The fraction of sp³-hybridized carbons (Fsp3) is 0.269. The minimum absolute atomic E-state index is 0.147. The van der Waals surface area contributed by atoms with Crippen LogP contribution in [-0.2, 0) is 5.54 Å². The number of carbonyl (C=O) groups is 1. The maximum atomic E-state index is 12.5. The van der Waals surface area contributed by atoms with E-state index in [2.05, 4.69) is 68.4 Å². The first kappa shape index (κ1) is 21.1. The highest BCUT2D eigenvalue weighted by molar-refractivity contribution is 7.10. The molecule has 2 aromatic carbocycles. The Morgan fingerprint density at radius 2 is 1.88 bits per heavy atom. The Bertz CT molecular complexity index is 1250. The minimum atomic E-state index is -0.287. The first-order valence-electron chi connectivity index (χ1n) is 10.9. The zero-order chi connectivity index (χ0) is 22.8. The highest BCUT2D eigenvalue weighted by atomic mass is 32.1. The summed E-state index contributed by atoms with van der Waals surface area (Å²) >= 11 is 1.34. The van der Waals surface area contributed by atoms with E-state index in [1.54, 1.807) is 10.3 Å². The van der Waals surface area contributed by atoms with Gasteiger partial charge in [-0.1, -0.05) is 30.3 Å². The van der Waals surface area contributed by atoms with E-state index >= 15 is 0 Å². The van der Waals surface area contributed by atoms with Gasteiger partial charge >= 0.3 is 6.03 Å². The summed E-state index contributed by atoms with van der Waals surface area (Å²) in [5.41, 5.74) is 4.28. The molecule has 2 fully saturated rings. The Morgan fingerprint density at radius 3 is 2.52 bits per heavy atom. The number of carbonyl (C=O) groups excluding carboxylic acids is 1. The molecule has 0 radical (unpaired) electrons. The number of nitrogens with one attached hydrogen (secondary N) is 1. The first-order valence-corrected chi connectivity index (χ1v) is 11.8. The molecule has 1 aromatic heterocycles. The third-order valence-electron chi connectivity index (χ3n) is 6.33. The normalized spacial score (nSPS) is 16.5. The van der Waals surface area contributed by atoms with Gasteiger partial charge in [0.2, 0.25) is 0 Å². The Hall–Kier alpha value is -3.81. The number of hydrogen-bond acceptors (Lipinski definition) is 4. The summed E-state index contributed by atoms with van der Waals surface area (Å²) < 4.78 is 0. The average Bonchev–Trinajstić information content (AvgIpc) is 3.56. The van der Waals surface area contributed by atoms with Crippen LogP contribution in [0.3, 0.4) is 0 Å². The molecule has 33 heavy (non-hydrogen) atoms. The topological polar surface area (TPSA) is 52.8 Å². The number of nitrogens with zero attached hydrogens (tertiary/aromatic N) is 4. The van der Waals surface area contributed by atoms with Crippen molar-refractivity contribution in [2.75, 3.05) is 36.4 Å². The molecule has 0 bridgehead atoms. The molecule has 0 atom stereocenters. The average molecular weight is 454 g/mol. The standard InChI is InChI=1S/C26H23N5OS/c1-3-24-28-23(18-33-24)29-25(32)31-15-13-30(14-16-31)22-9-7-19(8-10-22)20-5-4-6-21(17-20)26(27-2)11-12-26/h1,4-10,17-18H,11-16H2,(H,29,32). The van der Waals surface area contributed by atoms with Crippen LogP contribution in [0.5, 0.6) is 0 Å². The van der Waals surface area contributed by atoms with E-state index in [1.807, 2.05) is 6.07 Å². The number of terminal acetylenes is 1. The van der Waals surface area contributed by atoms with E-state index in [1.165, 1.54) is 11.3 Å². The van der Waals surface area contributed by atoms with Crippen LogP contribution in [0.4, 0.5) is 16.3 Å². The van der Waals surface area contributed by atoms with Crippen LogP contribution in [0, 0.1) is 18.9 Å². The second-order valence-corrected chi connectivity index (χ2v) is 9.22. The van der Waals surface area contributed by atoms with Crippen LogP contribution in [0.25, 0.3) is 16.0 Å². The number of thiazole rings is 1. The van der Waals surface area contributed by atoms with Crippen molar-refractivity contribution >= 4 is 28.9 Å². The molecule has 1 saturated heterocycles. The van der Waals surface area contributed by atoms with Gasteiger partial charge in [-0.25, -0.2) is 16.4 Å². The smallest absolute Gasteiger partial charge is 0.323 e. The molecule has 2 heterocycles. The molecular weight excluding hydrogens is 430 g/mol. The molecule has 164 valence electrons. The van der Waals surface area contributed by atoms with E-state index in [9.17, 15) is 4.79 Å². The van der Waals surface area contributed by atoms with Crippen LogP contribution < -0.4 is 10.2 Å². The maximum Gasteiger partial charge on any atom is 0.323 e. The second-order valence-electron chi connectivity index (χ2n) is 8.36. The second kappa shape index (κ2) is 8.61. The third-order valence-corrected chi connectivity index (χ3v) is 7.11. The van der Waals surface area contributed by atoms with Gasteiger partial charge in [-0.2, -0.15) is 0 Å². The number of amides is 2. The summed E-state index contributed by atoms with van der Waals surface area (Å²) in [6.45, 7) is 10.3. The number of anilines is 2. The first-order chi connectivity index (χ1) is 16.1. The Morgan fingerprint density at radius 1 is 1.12 bits per heavy atom. The monoisotopic (exact) mass is 453 g/mol. The number of hydrogen-bond donors (Lipinski definition) is 1. The summed E-state index contributed by atoms with van der Waals surface area (Å²) in [6.07, 6.45) is 7.25. The van der Waals surface area contributed by atoms with Crippen molar-refractivity contribution in [2.45, 2.75) is 18.4 Å². The van der Waals surface area contributed by atoms with Crippen molar-refractivity contribution < 1.29 is 4.79 Å². The van der Waals surface area contributed by atoms with E-state index < -0.39 is 0 Å². The van der Waals surface area contributed by atoms with Crippen molar-refractivity contribution in [1.82, 2.24) is 9.88 Å². The molecule has 3 aromatic rings. The molecular formula is C26H23N5OS. The minimum Gasteiger partial charge on any atom is -0.368 e. The Labute approximate surface area is 197 Å². The molecule has 1 N–H and O–H groups in total. The van der Waals surface area contributed by atoms with Crippen molar-refractivity contribution in [3.05, 3.63) is 75.9 Å². The van der Waals surface area contributed by atoms with Crippen molar-refractivity contribution in [3.63, 3.8) is 0 Å². The summed E-state index contributed by atoms with van der Waals surface area (Å²) in [7, 11) is 0. The maximum absolute atomic E-state index is 12.5. The van der Waals surface area contributed by atoms with E-state index in [0.717, 1.165) is 48.3 Å². The van der Waals surface area contributed by atoms with Crippen LogP contribution >= 0.6 is 11.3 Å². The van der Waals surface area contributed by atoms with E-state index in [-0.39, 0.29) is 11.6 Å². The molecule has 6 nitrogen and oxygen atoms in total. The van der Waals surface area contributed by atoms with Gasteiger partial charge in [-0.15, -0.1) is 17.8 Å². The predicted molar refractivity (Wildman–Crippen MR) is 132 cm³/mol. The van der Waals surface area contributed by atoms with Crippen LogP contribution in [0.15, 0.2) is 53.9 Å². The number of piperazine rings is 1. The van der Waals surface area contributed by atoms with Crippen LogP contribution in [0.2, 0.25) is 0 Å². The van der Waals surface area contributed by atoms with E-state index in [0.29, 0.717) is 23.9 Å². The molecule has 7 heteroatoms. The lowest BCUT2D eigenvalue weighted by Gasteiger charge is -2.36. The largest absolute Gasteiger partial charge is 0.368 e. The highest BCUT2D eigenvalue weighted by Gasteiger charge is 2.52. The van der Waals surface area contributed by atoms with Gasteiger partial charge in [0, 0.05) is 55.7 Å². The lowest BCUT2D eigenvalue weighted by atomic mass is 9.98. The molecule has 0 unspecified atom stereocenters. The van der Waals surface area contributed by atoms with Gasteiger partial charge < -0.3 is 14.6 Å². The van der Waals surface area contributed by atoms with E-state index in [4.69, 9.17) is 13.0 Å². The quantitative estimate of drug-likeness (QED) is 0.444. The molecule has 1 aliphatic carbocycles. The van der Waals surface area contributed by atoms with Gasteiger partial charge in [0.25, 0.3) is 5.54 Å². The molecule has 2 aliphatic rings. The zero-order valence-electron chi connectivity index (χ0n) is 18.1. The number of benzene rings is 2. The molecule has 5 rings (SSSR count). The summed E-state index contributed by atoms with van der Waals surface area (Å²) in [5.74, 6) is 2.98. The van der Waals surface area contributed by atoms with Crippen molar-refractivity contribution in [2.24, 2.45) is 0 Å². The van der Waals surface area contributed by atoms with Gasteiger partial charge in [-0.3, -0.25) is 5.32 Å². The van der Waals surface area contributed by atoms with Gasteiger partial charge in [0.15, 0.2) is 5.01 Å². The fourth-order valence-electron chi connectivity index (χ4n) is 4.19. The SMILES string of the molecule is [C-]#[N+]C1(c2cccc(-c3ccc(N4CCN(C(=O)Nc5csc(C#C)n5)CC4)cc3)c2)CC1. The summed E-state index contributed by atoms with van der Waals surface area (Å²) in [6, 6.07) is 16.8. The number of aromatic nitrogens is 1. The van der Waals surface area contributed by atoms with Crippen LogP contribution in [-0.4, -0.2) is 42.1 Å². The molecule has 2 amide bonds. The number of rotatable bonds is 4. The number of urea groups is 1. The van der Waals surface area contributed by atoms with Gasteiger partial charge in [0.05, 0.1) is 0 Å². The molecule has 0 spiro atoms. The lowest BCUT2D eigenvalue weighted by Crippen LogP contribution is -2.50.